The van der Waals surface area contributed by atoms with Crippen molar-refractivity contribution in [2.24, 2.45) is 0 Å². The largest absolute Gasteiger partial charge is 0.356 e. The Hall–Kier alpha value is -2.71. The molecule has 8 heteroatoms. The third-order valence-corrected chi connectivity index (χ3v) is 7.70. The van der Waals surface area contributed by atoms with E-state index >= 15 is 0 Å². The molecule has 3 aromatic rings. The fourth-order valence-electron chi connectivity index (χ4n) is 3.85. The second-order valence-corrected chi connectivity index (χ2v) is 10.3. The average Bonchev–Trinajstić information content (AvgIpc) is 3.50. The van der Waals surface area contributed by atoms with E-state index in [1.165, 1.54) is 49.5 Å². The fraction of sp³-hybridized carbons (Fsp3) is 0.360. The van der Waals surface area contributed by atoms with Gasteiger partial charge in [-0.25, -0.2) is 9.97 Å². The predicted molar refractivity (Wildman–Crippen MR) is 135 cm³/mol. The first kappa shape index (κ1) is 23.4. The van der Waals surface area contributed by atoms with E-state index in [-0.39, 0.29) is 11.8 Å². The van der Waals surface area contributed by atoms with Gasteiger partial charge in [-0.15, -0.1) is 23.1 Å². The van der Waals surface area contributed by atoms with Crippen LogP contribution in [-0.4, -0.2) is 33.6 Å². The number of amides is 2. The van der Waals surface area contributed by atoms with Gasteiger partial charge < -0.3 is 5.32 Å². The lowest BCUT2D eigenvalue weighted by atomic mass is 10.1. The number of thiazole rings is 1. The molecule has 4 rings (SSSR count). The molecule has 1 aliphatic rings. The Morgan fingerprint density at radius 1 is 1.15 bits per heavy atom. The summed E-state index contributed by atoms with van der Waals surface area (Å²) in [5, 5.41) is 9.65. The number of benzene rings is 1. The molecule has 6 nitrogen and oxygen atoms in total. The summed E-state index contributed by atoms with van der Waals surface area (Å²) in [4.78, 5) is 33.0. The summed E-state index contributed by atoms with van der Waals surface area (Å²) in [6.45, 7) is 2.22. The smallest absolute Gasteiger partial charge is 0.260 e. The summed E-state index contributed by atoms with van der Waals surface area (Å²) >= 11 is 3.14. The Morgan fingerprint density at radius 3 is 2.70 bits per heavy atom. The van der Waals surface area contributed by atoms with Crippen molar-refractivity contribution >= 4 is 40.0 Å². The minimum atomic E-state index is -0.168. The van der Waals surface area contributed by atoms with Crippen molar-refractivity contribution in [1.29, 1.82) is 0 Å². The lowest BCUT2D eigenvalue weighted by molar-refractivity contribution is -0.118. The second kappa shape index (κ2) is 11.4. The first-order chi connectivity index (χ1) is 16.1. The summed E-state index contributed by atoms with van der Waals surface area (Å²) in [5.74, 6) is -0.164. The molecule has 1 aliphatic carbocycles. The molecule has 1 fully saturated rings. The standard InChI is InChI=1S/C25H28N4O2S2/c1-17(30)26-14-4-6-18-10-12-19(13-11-18)22-16-32-25(28-22)29-23(31)21-9-5-15-27-24(21)33-20-7-2-3-8-20/h5,9-13,15-16,20H,2-4,6-8,14H2,1H3,(H,26,30)(H,28,29,31). The van der Waals surface area contributed by atoms with Crippen LogP contribution in [0.4, 0.5) is 5.13 Å². The van der Waals surface area contributed by atoms with Crippen LogP contribution < -0.4 is 10.6 Å². The zero-order valence-corrected chi connectivity index (χ0v) is 20.3. The predicted octanol–water partition coefficient (Wildman–Crippen LogP) is 5.56. The summed E-state index contributed by atoms with van der Waals surface area (Å²) in [6.07, 6.45) is 8.45. The molecule has 0 spiro atoms. The van der Waals surface area contributed by atoms with Gasteiger partial charge in [-0.2, -0.15) is 0 Å². The molecule has 0 saturated heterocycles. The molecule has 2 amide bonds. The highest BCUT2D eigenvalue weighted by Crippen LogP contribution is 2.35. The van der Waals surface area contributed by atoms with Crippen molar-refractivity contribution in [3.8, 4) is 11.3 Å². The number of hydrogen-bond donors (Lipinski definition) is 2. The Bertz CT molecular complexity index is 1090. The van der Waals surface area contributed by atoms with Crippen LogP contribution in [-0.2, 0) is 11.2 Å². The number of thioether (sulfide) groups is 1. The van der Waals surface area contributed by atoms with E-state index in [1.54, 1.807) is 24.0 Å². The number of aromatic nitrogens is 2. The van der Waals surface area contributed by atoms with Gasteiger partial charge in [-0.1, -0.05) is 37.1 Å². The quantitative estimate of drug-likeness (QED) is 0.392. The van der Waals surface area contributed by atoms with Crippen LogP contribution in [0.5, 0.6) is 0 Å². The molecule has 0 atom stereocenters. The number of anilines is 1. The molecule has 0 aliphatic heterocycles. The van der Waals surface area contributed by atoms with Gasteiger partial charge in [0.1, 0.15) is 5.03 Å². The minimum Gasteiger partial charge on any atom is -0.356 e. The van der Waals surface area contributed by atoms with Crippen molar-refractivity contribution in [1.82, 2.24) is 15.3 Å². The molecular formula is C25H28N4O2S2. The second-order valence-electron chi connectivity index (χ2n) is 8.16. The Kier molecular flexibility index (Phi) is 8.12. The number of carbonyl (C=O) groups excluding carboxylic acids is 2. The van der Waals surface area contributed by atoms with Crippen molar-refractivity contribution < 1.29 is 9.59 Å². The first-order valence-electron chi connectivity index (χ1n) is 11.3. The average molecular weight is 481 g/mol. The van der Waals surface area contributed by atoms with Crippen molar-refractivity contribution in [3.63, 3.8) is 0 Å². The number of carbonyl (C=O) groups is 2. The number of aryl methyl sites for hydroxylation is 1. The number of nitrogens with zero attached hydrogens (tertiary/aromatic N) is 2. The van der Waals surface area contributed by atoms with Crippen molar-refractivity contribution in [2.45, 2.75) is 55.7 Å². The zero-order chi connectivity index (χ0) is 23.0. The van der Waals surface area contributed by atoms with E-state index in [4.69, 9.17) is 0 Å². The van der Waals surface area contributed by atoms with E-state index in [0.29, 0.717) is 22.5 Å². The van der Waals surface area contributed by atoms with Crippen LogP contribution in [0.2, 0.25) is 0 Å². The SMILES string of the molecule is CC(=O)NCCCc1ccc(-c2csc(NC(=O)c3cccnc3SC3CCCC3)n2)cc1. The van der Waals surface area contributed by atoms with Gasteiger partial charge in [0, 0.05) is 35.9 Å². The molecule has 2 heterocycles. The molecule has 33 heavy (non-hydrogen) atoms. The molecule has 1 aromatic carbocycles. The van der Waals surface area contributed by atoms with Crippen molar-refractivity contribution in [3.05, 3.63) is 59.1 Å². The maximum atomic E-state index is 12.9. The lowest BCUT2D eigenvalue weighted by Crippen LogP contribution is -2.21. The highest BCUT2D eigenvalue weighted by molar-refractivity contribution is 7.99. The lowest BCUT2D eigenvalue weighted by Gasteiger charge is -2.11. The van der Waals surface area contributed by atoms with E-state index in [1.807, 2.05) is 23.6 Å². The van der Waals surface area contributed by atoms with Gasteiger partial charge in [0.15, 0.2) is 5.13 Å². The third kappa shape index (κ3) is 6.65. The molecule has 0 unspecified atom stereocenters. The fourth-order valence-corrected chi connectivity index (χ4v) is 5.86. The maximum absolute atomic E-state index is 12.9. The van der Waals surface area contributed by atoms with Crippen LogP contribution in [0.25, 0.3) is 11.3 Å². The number of rotatable bonds is 9. The van der Waals surface area contributed by atoms with Crippen molar-refractivity contribution in [2.75, 3.05) is 11.9 Å². The highest BCUT2D eigenvalue weighted by Gasteiger charge is 2.21. The summed E-state index contributed by atoms with van der Waals surface area (Å²) in [6, 6.07) is 11.9. The summed E-state index contributed by atoms with van der Waals surface area (Å²) in [7, 11) is 0. The van der Waals surface area contributed by atoms with E-state index in [0.717, 1.165) is 29.1 Å². The van der Waals surface area contributed by atoms with E-state index < -0.39 is 0 Å². The maximum Gasteiger partial charge on any atom is 0.260 e. The zero-order valence-electron chi connectivity index (χ0n) is 18.7. The van der Waals surface area contributed by atoms with E-state index in [2.05, 4.69) is 32.7 Å². The molecule has 0 radical (unpaired) electrons. The van der Waals surface area contributed by atoms with Gasteiger partial charge in [-0.3, -0.25) is 14.9 Å². The van der Waals surface area contributed by atoms with Gasteiger partial charge in [0.05, 0.1) is 11.3 Å². The molecule has 2 aromatic heterocycles. The van der Waals surface area contributed by atoms with Crippen LogP contribution in [0.1, 0.15) is 54.9 Å². The number of hydrogen-bond acceptors (Lipinski definition) is 6. The van der Waals surface area contributed by atoms with Gasteiger partial charge >= 0.3 is 0 Å². The molecule has 172 valence electrons. The van der Waals surface area contributed by atoms with Crippen LogP contribution in [0.15, 0.2) is 53.0 Å². The summed E-state index contributed by atoms with van der Waals surface area (Å²) in [5.41, 5.74) is 3.68. The topological polar surface area (TPSA) is 84.0 Å². The molecule has 1 saturated carbocycles. The Morgan fingerprint density at radius 2 is 1.94 bits per heavy atom. The third-order valence-electron chi connectivity index (χ3n) is 5.59. The number of nitrogens with one attached hydrogen (secondary N) is 2. The highest BCUT2D eigenvalue weighted by atomic mass is 32.2. The monoisotopic (exact) mass is 480 g/mol. The van der Waals surface area contributed by atoms with Crippen LogP contribution >= 0.6 is 23.1 Å². The Balaban J connectivity index is 1.36. The van der Waals surface area contributed by atoms with Gasteiger partial charge in [-0.05, 0) is 43.4 Å². The van der Waals surface area contributed by atoms with Crippen LogP contribution in [0, 0.1) is 0 Å². The molecule has 2 N–H and O–H groups in total. The molecular weight excluding hydrogens is 452 g/mol. The van der Waals surface area contributed by atoms with Crippen LogP contribution in [0.3, 0.4) is 0 Å². The van der Waals surface area contributed by atoms with E-state index in [9.17, 15) is 9.59 Å². The first-order valence-corrected chi connectivity index (χ1v) is 13.1. The number of pyridine rings is 1. The molecule has 0 bridgehead atoms. The van der Waals surface area contributed by atoms with Gasteiger partial charge in [0.2, 0.25) is 5.91 Å². The summed E-state index contributed by atoms with van der Waals surface area (Å²) < 4.78 is 0. The normalized spacial score (nSPS) is 13.7. The minimum absolute atomic E-state index is 0.00379. The van der Waals surface area contributed by atoms with Gasteiger partial charge in [0.25, 0.3) is 5.91 Å². The Labute approximate surface area is 202 Å².